The van der Waals surface area contributed by atoms with Crippen LogP contribution in [-0.2, 0) is 0 Å². The molecule has 0 aliphatic heterocycles. The highest BCUT2D eigenvalue weighted by Gasteiger charge is 2.14. The van der Waals surface area contributed by atoms with Crippen LogP contribution in [0.3, 0.4) is 0 Å². The van der Waals surface area contributed by atoms with Gasteiger partial charge in [0.25, 0.3) is 5.91 Å². The molecule has 1 N–H and O–H groups in total. The number of halogens is 1. The minimum absolute atomic E-state index is 0.133. The van der Waals surface area contributed by atoms with Gasteiger partial charge in [-0.3, -0.25) is 4.79 Å². The molecule has 0 fully saturated rings. The summed E-state index contributed by atoms with van der Waals surface area (Å²) in [5, 5.41) is 12.3. The van der Waals surface area contributed by atoms with Gasteiger partial charge in [0.05, 0.1) is 11.3 Å². The van der Waals surface area contributed by atoms with Crippen LogP contribution < -0.4 is 10.2 Å². The van der Waals surface area contributed by atoms with E-state index in [0.717, 1.165) is 44.6 Å². The smallest absolute Gasteiger partial charge is 0.256 e. The van der Waals surface area contributed by atoms with E-state index >= 15 is 0 Å². The maximum Gasteiger partial charge on any atom is 0.256 e. The van der Waals surface area contributed by atoms with Crippen molar-refractivity contribution in [1.82, 2.24) is 15.0 Å². The molecule has 0 aliphatic rings. The Morgan fingerprint density at radius 3 is 2.29 bits per heavy atom. The topological polar surface area (TPSA) is 63.1 Å². The molecule has 0 radical (unpaired) electrons. The summed E-state index contributed by atoms with van der Waals surface area (Å²) in [6, 6.07) is 19.6. The van der Waals surface area contributed by atoms with Crippen LogP contribution in [0.1, 0.15) is 29.8 Å². The summed E-state index contributed by atoms with van der Waals surface area (Å²) in [5.74, 6) is -0.133. The highest BCUT2D eigenvalue weighted by atomic mass is 127. The van der Waals surface area contributed by atoms with Crippen molar-refractivity contribution in [2.45, 2.75) is 20.8 Å². The Hall–Kier alpha value is -2.94. The monoisotopic (exact) mass is 525 g/mol. The van der Waals surface area contributed by atoms with Gasteiger partial charge in [-0.15, -0.1) is 10.2 Å². The molecule has 0 bridgehead atoms. The molecule has 31 heavy (non-hydrogen) atoms. The maximum atomic E-state index is 12.7. The Morgan fingerprint density at radius 2 is 1.65 bits per heavy atom. The molecule has 3 aromatic carbocycles. The summed E-state index contributed by atoms with van der Waals surface area (Å²) in [6.07, 6.45) is 0. The number of carbonyl (C=O) groups excluding carboxylic acids is 1. The van der Waals surface area contributed by atoms with Crippen LogP contribution in [0.25, 0.3) is 16.7 Å². The van der Waals surface area contributed by atoms with E-state index in [9.17, 15) is 4.79 Å². The molecular formula is C24H24IN5O. The molecule has 0 saturated carbocycles. The number of rotatable bonds is 6. The van der Waals surface area contributed by atoms with E-state index in [0.29, 0.717) is 5.56 Å². The molecule has 0 spiro atoms. The first kappa shape index (κ1) is 21.3. The summed E-state index contributed by atoms with van der Waals surface area (Å²) in [6.45, 7) is 8.20. The first-order valence-electron chi connectivity index (χ1n) is 10.3. The van der Waals surface area contributed by atoms with Crippen molar-refractivity contribution < 1.29 is 4.79 Å². The van der Waals surface area contributed by atoms with Crippen LogP contribution in [0.5, 0.6) is 0 Å². The van der Waals surface area contributed by atoms with Gasteiger partial charge in [-0.1, -0.05) is 12.1 Å². The van der Waals surface area contributed by atoms with Crippen LogP contribution in [0, 0.1) is 10.5 Å². The molecule has 0 atom stereocenters. The highest BCUT2D eigenvalue weighted by molar-refractivity contribution is 14.1. The Bertz CT molecular complexity index is 1230. The fourth-order valence-electron chi connectivity index (χ4n) is 3.54. The minimum atomic E-state index is -0.133. The van der Waals surface area contributed by atoms with E-state index in [-0.39, 0.29) is 5.91 Å². The van der Waals surface area contributed by atoms with Gasteiger partial charge in [0, 0.05) is 28.0 Å². The number of carbonyl (C=O) groups is 1. The SMILES string of the molecule is CCN(CC)c1ccc(-n2nc3cc(C)c(NC(=O)c4ccccc4I)cc3n2)cc1. The van der Waals surface area contributed by atoms with Gasteiger partial charge in [-0.05, 0) is 97.5 Å². The molecule has 0 aliphatic carbocycles. The third-order valence-electron chi connectivity index (χ3n) is 5.30. The van der Waals surface area contributed by atoms with Crippen molar-refractivity contribution in [3.05, 3.63) is 75.4 Å². The van der Waals surface area contributed by atoms with Crippen LogP contribution in [0.15, 0.2) is 60.7 Å². The summed E-state index contributed by atoms with van der Waals surface area (Å²) >= 11 is 2.17. The van der Waals surface area contributed by atoms with Gasteiger partial charge in [0.15, 0.2) is 0 Å². The maximum absolute atomic E-state index is 12.7. The van der Waals surface area contributed by atoms with Crippen molar-refractivity contribution in [2.75, 3.05) is 23.3 Å². The molecule has 1 amide bonds. The quantitative estimate of drug-likeness (QED) is 0.341. The number of benzene rings is 3. The number of aryl methyl sites for hydroxylation is 1. The van der Waals surface area contributed by atoms with E-state index in [2.05, 4.69) is 69.0 Å². The number of aromatic nitrogens is 3. The zero-order chi connectivity index (χ0) is 22.0. The Labute approximate surface area is 195 Å². The second-order valence-electron chi connectivity index (χ2n) is 7.27. The zero-order valence-corrected chi connectivity index (χ0v) is 19.9. The largest absolute Gasteiger partial charge is 0.372 e. The number of hydrogen-bond donors (Lipinski definition) is 1. The normalized spacial score (nSPS) is 11.0. The molecule has 4 rings (SSSR count). The number of nitrogens with one attached hydrogen (secondary N) is 1. The third-order valence-corrected chi connectivity index (χ3v) is 6.24. The Morgan fingerprint density at radius 1 is 1.00 bits per heavy atom. The Balaban J connectivity index is 1.62. The molecule has 0 unspecified atom stereocenters. The average molecular weight is 525 g/mol. The van der Waals surface area contributed by atoms with Gasteiger partial charge in [-0.2, -0.15) is 4.80 Å². The fourth-order valence-corrected chi connectivity index (χ4v) is 4.17. The number of nitrogens with zero attached hydrogens (tertiary/aromatic N) is 4. The Kier molecular flexibility index (Phi) is 6.22. The van der Waals surface area contributed by atoms with E-state index in [1.54, 1.807) is 4.80 Å². The lowest BCUT2D eigenvalue weighted by Gasteiger charge is -2.20. The first-order valence-corrected chi connectivity index (χ1v) is 11.4. The lowest BCUT2D eigenvalue weighted by Crippen LogP contribution is -2.21. The highest BCUT2D eigenvalue weighted by Crippen LogP contribution is 2.24. The van der Waals surface area contributed by atoms with Gasteiger partial charge in [0.1, 0.15) is 11.0 Å². The standard InChI is InChI=1S/C24H24IN5O/c1-4-29(5-2)17-10-12-18(13-11-17)30-27-22-14-16(3)21(15-23(22)28-30)26-24(31)19-8-6-7-9-20(19)25/h6-15H,4-5H2,1-3H3,(H,26,31). The third kappa shape index (κ3) is 4.41. The first-order chi connectivity index (χ1) is 15.0. The molecule has 6 nitrogen and oxygen atoms in total. The van der Waals surface area contributed by atoms with Crippen LogP contribution in [-0.4, -0.2) is 34.0 Å². The lowest BCUT2D eigenvalue weighted by atomic mass is 10.1. The van der Waals surface area contributed by atoms with Crippen molar-refractivity contribution >= 4 is 50.9 Å². The van der Waals surface area contributed by atoms with Crippen molar-refractivity contribution in [3.63, 3.8) is 0 Å². The number of anilines is 2. The van der Waals surface area contributed by atoms with Gasteiger partial charge >= 0.3 is 0 Å². The molecule has 1 aromatic heterocycles. The zero-order valence-electron chi connectivity index (χ0n) is 17.8. The molecule has 158 valence electrons. The van der Waals surface area contributed by atoms with Gasteiger partial charge < -0.3 is 10.2 Å². The van der Waals surface area contributed by atoms with Crippen molar-refractivity contribution in [2.24, 2.45) is 0 Å². The lowest BCUT2D eigenvalue weighted by molar-refractivity contribution is 0.102. The van der Waals surface area contributed by atoms with Crippen LogP contribution in [0.4, 0.5) is 11.4 Å². The molecule has 4 aromatic rings. The predicted molar refractivity (Wildman–Crippen MR) is 134 cm³/mol. The summed E-state index contributed by atoms with van der Waals surface area (Å²) in [4.78, 5) is 16.7. The van der Waals surface area contributed by atoms with Gasteiger partial charge in [-0.25, -0.2) is 0 Å². The van der Waals surface area contributed by atoms with Crippen LogP contribution in [0.2, 0.25) is 0 Å². The number of amides is 1. The molecule has 0 saturated heterocycles. The summed E-state index contributed by atoms with van der Waals surface area (Å²) in [7, 11) is 0. The van der Waals surface area contributed by atoms with E-state index in [1.165, 1.54) is 5.69 Å². The van der Waals surface area contributed by atoms with Crippen LogP contribution >= 0.6 is 22.6 Å². The fraction of sp³-hybridized carbons (Fsp3) is 0.208. The average Bonchev–Trinajstić information content (AvgIpc) is 3.18. The van der Waals surface area contributed by atoms with Crippen molar-refractivity contribution in [3.8, 4) is 5.69 Å². The number of fused-ring (bicyclic) bond motifs is 1. The summed E-state index contributed by atoms with van der Waals surface area (Å²) < 4.78 is 0.912. The van der Waals surface area contributed by atoms with E-state index < -0.39 is 0 Å². The van der Waals surface area contributed by atoms with E-state index in [1.807, 2.05) is 55.5 Å². The van der Waals surface area contributed by atoms with Gasteiger partial charge in [0.2, 0.25) is 0 Å². The molecule has 7 heteroatoms. The second-order valence-corrected chi connectivity index (χ2v) is 8.43. The van der Waals surface area contributed by atoms with Crippen molar-refractivity contribution in [1.29, 1.82) is 0 Å². The molecule has 1 heterocycles. The molecular weight excluding hydrogens is 501 g/mol. The summed E-state index contributed by atoms with van der Waals surface area (Å²) in [5.41, 5.74) is 5.93. The number of hydrogen-bond acceptors (Lipinski definition) is 4. The predicted octanol–water partition coefficient (Wildman–Crippen LogP) is 5.43. The van der Waals surface area contributed by atoms with E-state index in [4.69, 9.17) is 0 Å². The second kappa shape index (κ2) is 9.05. The minimum Gasteiger partial charge on any atom is -0.372 e.